The molecule has 0 saturated carbocycles. The molecule has 23 heavy (non-hydrogen) atoms. The third-order valence-corrected chi connectivity index (χ3v) is 4.89. The van der Waals surface area contributed by atoms with Crippen molar-refractivity contribution in [3.63, 3.8) is 0 Å². The Bertz CT molecular complexity index is 641. The van der Waals surface area contributed by atoms with E-state index in [-0.39, 0.29) is 11.9 Å². The maximum atomic E-state index is 12.4. The minimum atomic E-state index is -0.131. The number of carbonyl (C=O) groups is 1. The fourth-order valence-electron chi connectivity index (χ4n) is 2.51. The number of nitrogens with zero attached hydrogens (tertiary/aromatic N) is 3. The van der Waals surface area contributed by atoms with Gasteiger partial charge in [0.2, 0.25) is 5.91 Å². The van der Waals surface area contributed by atoms with Crippen LogP contribution in [0.2, 0.25) is 0 Å². The summed E-state index contributed by atoms with van der Waals surface area (Å²) in [6.45, 7) is 3.88. The Balaban J connectivity index is 1.62. The molecular weight excluding hydrogens is 308 g/mol. The van der Waals surface area contributed by atoms with E-state index in [4.69, 9.17) is 0 Å². The highest BCUT2D eigenvalue weighted by Gasteiger charge is 2.23. The number of carbonyl (C=O) groups excluding carboxylic acids is 1. The van der Waals surface area contributed by atoms with Gasteiger partial charge in [-0.1, -0.05) is 6.07 Å². The summed E-state index contributed by atoms with van der Waals surface area (Å²) < 4.78 is 0. The molecule has 1 amide bonds. The van der Waals surface area contributed by atoms with Gasteiger partial charge in [0.05, 0.1) is 11.7 Å². The van der Waals surface area contributed by atoms with Crippen molar-refractivity contribution in [2.75, 3.05) is 29.9 Å². The van der Waals surface area contributed by atoms with Crippen LogP contribution in [0.1, 0.15) is 6.92 Å². The second kappa shape index (κ2) is 7.57. The highest BCUT2D eigenvalue weighted by molar-refractivity contribution is 7.99. The van der Waals surface area contributed by atoms with Crippen LogP contribution in [-0.4, -0.2) is 51.4 Å². The van der Waals surface area contributed by atoms with Crippen LogP contribution in [0.3, 0.4) is 0 Å². The van der Waals surface area contributed by atoms with Gasteiger partial charge in [-0.25, -0.2) is 4.98 Å². The van der Waals surface area contributed by atoms with Crippen molar-refractivity contribution >= 4 is 23.5 Å². The van der Waals surface area contributed by atoms with Crippen molar-refractivity contribution in [1.29, 1.82) is 0 Å². The number of thioether (sulfide) groups is 1. The molecule has 0 aromatic carbocycles. The minimum absolute atomic E-state index is 0.00464. The number of anilines is 1. The summed E-state index contributed by atoms with van der Waals surface area (Å²) in [4.78, 5) is 23.2. The van der Waals surface area contributed by atoms with Crippen molar-refractivity contribution < 1.29 is 4.79 Å². The average Bonchev–Trinajstić information content (AvgIpc) is 2.63. The number of hydrogen-bond donors (Lipinski definition) is 1. The summed E-state index contributed by atoms with van der Waals surface area (Å²) in [5.74, 6) is 2.76. The zero-order valence-electron chi connectivity index (χ0n) is 13.1. The number of hydrogen-bond acceptors (Lipinski definition) is 5. The van der Waals surface area contributed by atoms with E-state index in [9.17, 15) is 4.79 Å². The smallest absolute Gasteiger partial charge is 0.242 e. The third-order valence-electron chi connectivity index (χ3n) is 3.95. The van der Waals surface area contributed by atoms with E-state index < -0.39 is 0 Å². The van der Waals surface area contributed by atoms with E-state index in [0.29, 0.717) is 5.82 Å². The van der Waals surface area contributed by atoms with E-state index >= 15 is 0 Å². The second-order valence-electron chi connectivity index (χ2n) is 5.46. The van der Waals surface area contributed by atoms with Gasteiger partial charge in [0, 0.05) is 42.6 Å². The quantitative estimate of drug-likeness (QED) is 0.934. The first kappa shape index (κ1) is 16.0. The van der Waals surface area contributed by atoms with Crippen LogP contribution in [0.25, 0.3) is 11.3 Å². The van der Waals surface area contributed by atoms with Crippen molar-refractivity contribution in [2.45, 2.75) is 13.0 Å². The fourth-order valence-corrected chi connectivity index (χ4v) is 3.45. The molecule has 1 N–H and O–H groups in total. The van der Waals surface area contributed by atoms with Crippen LogP contribution in [0.15, 0.2) is 42.7 Å². The molecule has 3 rings (SSSR count). The highest BCUT2D eigenvalue weighted by atomic mass is 32.2. The predicted molar refractivity (Wildman–Crippen MR) is 94.5 cm³/mol. The van der Waals surface area contributed by atoms with Crippen LogP contribution in [0.5, 0.6) is 0 Å². The molecule has 1 fully saturated rings. The molecule has 1 aliphatic heterocycles. The summed E-state index contributed by atoms with van der Waals surface area (Å²) >= 11 is 1.94. The van der Waals surface area contributed by atoms with E-state index in [1.165, 1.54) is 0 Å². The fraction of sp³-hybridized carbons (Fsp3) is 0.353. The van der Waals surface area contributed by atoms with Crippen LogP contribution < -0.4 is 5.32 Å². The summed E-state index contributed by atoms with van der Waals surface area (Å²) in [5, 5.41) is 2.90. The summed E-state index contributed by atoms with van der Waals surface area (Å²) in [6, 6.07) is 9.37. The lowest BCUT2D eigenvalue weighted by atomic mass is 10.2. The number of nitrogens with one attached hydrogen (secondary N) is 1. The first-order chi connectivity index (χ1) is 11.2. The first-order valence-corrected chi connectivity index (χ1v) is 8.89. The van der Waals surface area contributed by atoms with Crippen molar-refractivity contribution in [3.05, 3.63) is 42.7 Å². The molecule has 3 heterocycles. The Hall–Kier alpha value is -1.92. The second-order valence-corrected chi connectivity index (χ2v) is 6.69. The van der Waals surface area contributed by atoms with Gasteiger partial charge in [0.1, 0.15) is 5.82 Å². The Morgan fingerprint density at radius 1 is 1.22 bits per heavy atom. The molecular formula is C17H20N4OS. The van der Waals surface area contributed by atoms with Crippen molar-refractivity contribution in [1.82, 2.24) is 14.9 Å². The van der Waals surface area contributed by atoms with Gasteiger partial charge in [-0.3, -0.25) is 14.7 Å². The topological polar surface area (TPSA) is 58.1 Å². The van der Waals surface area contributed by atoms with Crippen LogP contribution in [0.4, 0.5) is 5.82 Å². The van der Waals surface area contributed by atoms with Crippen molar-refractivity contribution in [2.24, 2.45) is 0 Å². The summed E-state index contributed by atoms with van der Waals surface area (Å²) in [6.07, 6.45) is 3.49. The Morgan fingerprint density at radius 3 is 2.70 bits per heavy atom. The number of pyridine rings is 2. The van der Waals surface area contributed by atoms with Gasteiger partial charge in [0.15, 0.2) is 0 Å². The summed E-state index contributed by atoms with van der Waals surface area (Å²) in [7, 11) is 0. The van der Waals surface area contributed by atoms with Crippen LogP contribution >= 0.6 is 11.8 Å². The zero-order chi connectivity index (χ0) is 16.1. The molecule has 5 nitrogen and oxygen atoms in total. The van der Waals surface area contributed by atoms with E-state index in [1.807, 2.05) is 49.0 Å². The Morgan fingerprint density at radius 2 is 2.04 bits per heavy atom. The molecule has 1 atom stereocenters. The van der Waals surface area contributed by atoms with Gasteiger partial charge in [-0.05, 0) is 31.2 Å². The van der Waals surface area contributed by atoms with E-state index in [1.54, 1.807) is 12.4 Å². The zero-order valence-corrected chi connectivity index (χ0v) is 13.9. The maximum Gasteiger partial charge on any atom is 0.242 e. The summed E-state index contributed by atoms with van der Waals surface area (Å²) in [5.41, 5.74) is 1.81. The van der Waals surface area contributed by atoms with Crippen molar-refractivity contribution in [3.8, 4) is 11.3 Å². The number of amides is 1. The lowest BCUT2D eigenvalue weighted by molar-refractivity contribution is -0.120. The number of aromatic nitrogens is 2. The molecule has 2 aromatic rings. The molecule has 0 aliphatic carbocycles. The van der Waals surface area contributed by atoms with Gasteiger partial charge >= 0.3 is 0 Å². The van der Waals surface area contributed by atoms with Gasteiger partial charge in [-0.15, -0.1) is 0 Å². The largest absolute Gasteiger partial charge is 0.309 e. The molecule has 0 bridgehead atoms. The average molecular weight is 328 g/mol. The molecule has 0 spiro atoms. The molecule has 6 heteroatoms. The SMILES string of the molecule is C[C@H](C(=O)Nc1ccc(-c2ccccn2)cn1)N1CCSCC1. The Labute approximate surface area is 140 Å². The predicted octanol–water partition coefficient (Wildman–Crippen LogP) is 2.52. The lowest BCUT2D eigenvalue weighted by Crippen LogP contribution is -2.46. The minimum Gasteiger partial charge on any atom is -0.309 e. The normalized spacial score (nSPS) is 16.7. The highest BCUT2D eigenvalue weighted by Crippen LogP contribution is 2.17. The van der Waals surface area contributed by atoms with E-state index in [2.05, 4.69) is 20.2 Å². The number of rotatable bonds is 4. The van der Waals surface area contributed by atoms with Gasteiger partial charge in [0.25, 0.3) is 0 Å². The molecule has 2 aromatic heterocycles. The maximum absolute atomic E-state index is 12.4. The van der Waals surface area contributed by atoms with Gasteiger partial charge < -0.3 is 5.32 Å². The molecule has 0 unspecified atom stereocenters. The first-order valence-electron chi connectivity index (χ1n) is 7.74. The monoisotopic (exact) mass is 328 g/mol. The molecule has 1 saturated heterocycles. The van der Waals surface area contributed by atoms with Gasteiger partial charge in [-0.2, -0.15) is 11.8 Å². The van der Waals surface area contributed by atoms with E-state index in [0.717, 1.165) is 35.9 Å². The van der Waals surface area contributed by atoms with Crippen LogP contribution in [0, 0.1) is 0 Å². The lowest BCUT2D eigenvalue weighted by Gasteiger charge is -2.30. The Kier molecular flexibility index (Phi) is 5.25. The van der Waals surface area contributed by atoms with Crippen LogP contribution in [-0.2, 0) is 4.79 Å². The standard InChI is InChI=1S/C17H20N4OS/c1-13(21-8-10-23-11-9-21)17(22)20-16-6-5-14(12-19-16)15-4-2-3-7-18-15/h2-7,12-13H,8-11H2,1H3,(H,19,20,22)/t13-/m1/s1. The molecule has 120 valence electrons. The third kappa shape index (κ3) is 4.09. The molecule has 1 aliphatic rings. The molecule has 0 radical (unpaired) electrons.